The van der Waals surface area contributed by atoms with Crippen molar-refractivity contribution in [3.05, 3.63) is 0 Å². The van der Waals surface area contributed by atoms with Gasteiger partial charge in [-0.1, -0.05) is 29.8 Å². The lowest BCUT2D eigenvalue weighted by Gasteiger charge is -2.33. The van der Waals surface area contributed by atoms with Crippen molar-refractivity contribution in [2.45, 2.75) is 37.9 Å². The molecule has 0 aromatic rings. The van der Waals surface area contributed by atoms with Gasteiger partial charge in [0.05, 0.1) is 0 Å². The molecule has 3 heteroatoms. The summed E-state index contributed by atoms with van der Waals surface area (Å²) in [5.41, 5.74) is 0. The molecule has 86 valence electrons. The van der Waals surface area contributed by atoms with Gasteiger partial charge < -0.3 is 4.90 Å². The van der Waals surface area contributed by atoms with Crippen LogP contribution in [-0.4, -0.2) is 28.7 Å². The van der Waals surface area contributed by atoms with E-state index in [1.165, 1.54) is 12.8 Å². The predicted octanol–water partition coefficient (Wildman–Crippen LogP) is 2.66. The van der Waals surface area contributed by atoms with E-state index >= 15 is 0 Å². The molecular weight excluding hydrogens is 254 g/mol. The summed E-state index contributed by atoms with van der Waals surface area (Å²) < 4.78 is 0. The zero-order chi connectivity index (χ0) is 11.0. The summed E-state index contributed by atoms with van der Waals surface area (Å²) in [6.07, 6.45) is 3.45. The molecular formula is C12H20BrNO. The smallest absolute Gasteiger partial charge is 0.225 e. The van der Waals surface area contributed by atoms with Crippen molar-refractivity contribution >= 4 is 21.8 Å². The Bertz CT molecular complexity index is 246. The van der Waals surface area contributed by atoms with Crippen LogP contribution in [0.5, 0.6) is 0 Å². The lowest BCUT2D eigenvalue weighted by molar-refractivity contribution is -0.134. The van der Waals surface area contributed by atoms with Crippen molar-refractivity contribution in [3.8, 4) is 0 Å². The Kier molecular flexibility index (Phi) is 3.39. The minimum absolute atomic E-state index is 0.364. The highest BCUT2D eigenvalue weighted by Gasteiger charge is 2.42. The second-order valence-corrected chi connectivity index (χ2v) is 6.60. The average molecular weight is 274 g/mol. The summed E-state index contributed by atoms with van der Waals surface area (Å²) >= 11 is 3.64. The number of likely N-dealkylation sites (tertiary alicyclic amines) is 1. The van der Waals surface area contributed by atoms with E-state index in [9.17, 15) is 4.79 Å². The monoisotopic (exact) mass is 273 g/mol. The summed E-state index contributed by atoms with van der Waals surface area (Å²) in [6, 6.07) is 0. The van der Waals surface area contributed by atoms with Crippen molar-refractivity contribution in [1.29, 1.82) is 0 Å². The number of hydrogen-bond donors (Lipinski definition) is 0. The maximum atomic E-state index is 12.0. The quantitative estimate of drug-likeness (QED) is 0.709. The summed E-state index contributed by atoms with van der Waals surface area (Å²) in [5, 5.41) is 0. The molecule has 1 saturated carbocycles. The Balaban J connectivity index is 1.80. The molecule has 1 heterocycles. The molecule has 2 nitrogen and oxygen atoms in total. The molecule has 2 rings (SSSR count). The van der Waals surface area contributed by atoms with Crippen LogP contribution in [0, 0.1) is 17.8 Å². The number of alkyl halides is 1. The number of carbonyl (C=O) groups is 1. The van der Waals surface area contributed by atoms with E-state index in [4.69, 9.17) is 0 Å². The Morgan fingerprint density at radius 2 is 1.93 bits per heavy atom. The number of rotatable bonds is 2. The maximum absolute atomic E-state index is 12.0. The fourth-order valence-electron chi connectivity index (χ4n) is 2.48. The van der Waals surface area contributed by atoms with E-state index in [1.807, 2.05) is 0 Å². The highest BCUT2D eigenvalue weighted by atomic mass is 79.9. The number of hydrogen-bond acceptors (Lipinski definition) is 1. The van der Waals surface area contributed by atoms with Crippen LogP contribution in [0.3, 0.4) is 0 Å². The summed E-state index contributed by atoms with van der Waals surface area (Å²) in [6.45, 7) is 6.34. The summed E-state index contributed by atoms with van der Waals surface area (Å²) in [4.78, 5) is 14.6. The van der Waals surface area contributed by atoms with Gasteiger partial charge in [-0.2, -0.15) is 0 Å². The van der Waals surface area contributed by atoms with Crippen molar-refractivity contribution in [2.24, 2.45) is 17.8 Å². The topological polar surface area (TPSA) is 20.3 Å². The SMILES string of the molecule is CC(Br)C1CCN(C(=O)C2CC2C)CC1. The van der Waals surface area contributed by atoms with Crippen LogP contribution in [0.25, 0.3) is 0 Å². The molecule has 0 N–H and O–H groups in total. The third kappa shape index (κ3) is 2.55. The van der Waals surface area contributed by atoms with Crippen molar-refractivity contribution in [3.63, 3.8) is 0 Å². The molecule has 0 aromatic carbocycles. The minimum atomic E-state index is 0.364. The van der Waals surface area contributed by atoms with Gasteiger partial charge in [0.2, 0.25) is 5.91 Å². The molecule has 0 bridgehead atoms. The second-order valence-electron chi connectivity index (χ2n) is 5.16. The first-order chi connectivity index (χ1) is 7.09. The Labute approximate surface area is 101 Å². The van der Waals surface area contributed by atoms with Crippen LogP contribution < -0.4 is 0 Å². The van der Waals surface area contributed by atoms with Crippen LogP contribution >= 0.6 is 15.9 Å². The normalized spacial score (nSPS) is 33.9. The van der Waals surface area contributed by atoms with E-state index in [0.29, 0.717) is 22.6 Å². The van der Waals surface area contributed by atoms with E-state index in [1.54, 1.807) is 0 Å². The third-order valence-electron chi connectivity index (χ3n) is 3.93. The Hall–Kier alpha value is -0.0500. The summed E-state index contributed by atoms with van der Waals surface area (Å²) in [5.74, 6) is 2.18. The van der Waals surface area contributed by atoms with Gasteiger partial charge in [0.1, 0.15) is 0 Å². The molecule has 1 saturated heterocycles. The molecule has 0 aromatic heterocycles. The van der Waals surface area contributed by atoms with Crippen molar-refractivity contribution in [2.75, 3.05) is 13.1 Å². The van der Waals surface area contributed by atoms with Crippen molar-refractivity contribution < 1.29 is 4.79 Å². The molecule has 15 heavy (non-hydrogen) atoms. The first-order valence-electron chi connectivity index (χ1n) is 6.02. The Morgan fingerprint density at radius 1 is 1.40 bits per heavy atom. The number of amides is 1. The minimum Gasteiger partial charge on any atom is -0.342 e. The largest absolute Gasteiger partial charge is 0.342 e. The average Bonchev–Trinajstić information content (AvgIpc) is 2.94. The zero-order valence-corrected chi connectivity index (χ0v) is 11.2. The molecule has 2 fully saturated rings. The fourth-order valence-corrected chi connectivity index (χ4v) is 3.01. The second kappa shape index (κ2) is 4.44. The number of halogens is 1. The molecule has 3 atom stereocenters. The first kappa shape index (κ1) is 11.4. The van der Waals surface area contributed by atoms with Gasteiger partial charge in [0.15, 0.2) is 0 Å². The third-order valence-corrected chi connectivity index (χ3v) is 4.68. The highest BCUT2D eigenvalue weighted by Crippen LogP contribution is 2.40. The van der Waals surface area contributed by atoms with Gasteiger partial charge >= 0.3 is 0 Å². The Morgan fingerprint density at radius 3 is 2.33 bits per heavy atom. The van der Waals surface area contributed by atoms with E-state index in [2.05, 4.69) is 34.7 Å². The van der Waals surface area contributed by atoms with Crippen LogP contribution in [0.1, 0.15) is 33.1 Å². The lowest BCUT2D eigenvalue weighted by atomic mass is 9.94. The van der Waals surface area contributed by atoms with E-state index < -0.39 is 0 Å². The van der Waals surface area contributed by atoms with E-state index in [0.717, 1.165) is 25.4 Å². The highest BCUT2D eigenvalue weighted by molar-refractivity contribution is 9.09. The molecule has 2 aliphatic rings. The molecule has 3 unspecified atom stereocenters. The van der Waals surface area contributed by atoms with Crippen LogP contribution in [0.15, 0.2) is 0 Å². The van der Waals surface area contributed by atoms with Gasteiger partial charge in [-0.3, -0.25) is 4.79 Å². The van der Waals surface area contributed by atoms with E-state index in [-0.39, 0.29) is 0 Å². The standard InChI is InChI=1S/C12H20BrNO/c1-8-7-11(8)12(15)14-5-3-10(4-6-14)9(2)13/h8-11H,3-7H2,1-2H3. The molecule has 0 spiro atoms. The molecule has 1 aliphatic carbocycles. The van der Waals surface area contributed by atoms with Crippen molar-refractivity contribution in [1.82, 2.24) is 4.90 Å². The fraction of sp³-hybridized carbons (Fsp3) is 0.917. The predicted molar refractivity (Wildman–Crippen MR) is 65.0 cm³/mol. The van der Waals surface area contributed by atoms with Gasteiger partial charge in [-0.25, -0.2) is 0 Å². The van der Waals surface area contributed by atoms with Gasteiger partial charge in [0, 0.05) is 23.8 Å². The first-order valence-corrected chi connectivity index (χ1v) is 6.94. The van der Waals surface area contributed by atoms with Crippen LogP contribution in [-0.2, 0) is 4.79 Å². The zero-order valence-electron chi connectivity index (χ0n) is 9.58. The number of piperidine rings is 1. The number of nitrogens with zero attached hydrogens (tertiary/aromatic N) is 1. The van der Waals surface area contributed by atoms with Crippen LogP contribution in [0.2, 0.25) is 0 Å². The lowest BCUT2D eigenvalue weighted by Crippen LogP contribution is -2.40. The molecule has 1 aliphatic heterocycles. The molecule has 0 radical (unpaired) electrons. The molecule has 1 amide bonds. The number of carbonyl (C=O) groups excluding carboxylic acids is 1. The van der Waals surface area contributed by atoms with Gasteiger partial charge in [0.25, 0.3) is 0 Å². The van der Waals surface area contributed by atoms with Crippen LogP contribution in [0.4, 0.5) is 0 Å². The summed E-state index contributed by atoms with van der Waals surface area (Å²) in [7, 11) is 0. The maximum Gasteiger partial charge on any atom is 0.225 e. The van der Waals surface area contributed by atoms with Gasteiger partial charge in [-0.05, 0) is 31.1 Å². The van der Waals surface area contributed by atoms with Gasteiger partial charge in [-0.15, -0.1) is 0 Å².